The Bertz CT molecular complexity index is 1850. The normalized spacial score (nSPS) is 16.9. The van der Waals surface area contributed by atoms with Gasteiger partial charge in [0.1, 0.15) is 18.1 Å². The van der Waals surface area contributed by atoms with Crippen LogP contribution in [0.15, 0.2) is 53.3 Å². The predicted molar refractivity (Wildman–Crippen MR) is 144 cm³/mol. The van der Waals surface area contributed by atoms with Crippen LogP contribution in [0.4, 0.5) is 10.5 Å². The van der Waals surface area contributed by atoms with E-state index in [1.165, 1.54) is 28.8 Å². The number of non-ortho nitro benzene ring substituents is 1. The quantitative estimate of drug-likeness (QED) is 0.144. The minimum atomic E-state index is -1.93. The molecule has 2 aromatic carbocycles. The minimum absolute atomic E-state index is 0.0381. The van der Waals surface area contributed by atoms with E-state index < -0.39 is 22.6 Å². The predicted octanol–water partition coefficient (Wildman–Crippen LogP) is 4.13. The second kappa shape index (κ2) is 9.52. The molecule has 0 amide bonds. The monoisotopic (exact) mass is 557 g/mol. The summed E-state index contributed by atoms with van der Waals surface area (Å²) in [5, 5.41) is 22.5. The highest BCUT2D eigenvalue weighted by atomic mass is 16.7. The maximum atomic E-state index is 13.5. The first-order valence-electron chi connectivity index (χ1n) is 12.9. The van der Waals surface area contributed by atoms with E-state index in [-0.39, 0.29) is 53.4 Å². The molecule has 208 valence electrons. The SMILES string of the molecule is CCc1ccc(OC(=O)Oc2ccc([N+](=O)[O-])cc2)c2cc3c(nc12)-c1cc2c(c(=O)n1C3)COC(=O)[C@]2(O)CC. The number of aliphatic hydroxyl groups is 1. The van der Waals surface area contributed by atoms with Crippen molar-refractivity contribution in [2.45, 2.75) is 45.4 Å². The number of aryl methyl sites for hydroxylation is 1. The fourth-order valence-electron chi connectivity index (χ4n) is 5.31. The molecule has 0 aliphatic carbocycles. The number of rotatable bonds is 5. The summed E-state index contributed by atoms with van der Waals surface area (Å²) in [4.78, 5) is 53.7. The lowest BCUT2D eigenvalue weighted by atomic mass is 9.86. The van der Waals surface area contributed by atoms with E-state index in [4.69, 9.17) is 19.2 Å². The Morgan fingerprint density at radius 3 is 2.59 bits per heavy atom. The Balaban J connectivity index is 1.40. The molecule has 0 spiro atoms. The summed E-state index contributed by atoms with van der Waals surface area (Å²) in [7, 11) is 0. The number of carbonyl (C=O) groups excluding carboxylic acids is 2. The molecule has 0 fully saturated rings. The number of fused-ring (bicyclic) bond motifs is 5. The standard InChI is InChI=1S/C29H23N3O9/c1-3-15-5-10-23(41-28(35)40-18-8-6-17(7-9-18)32(37)38)19-11-16-13-31-22(25(16)30-24(15)19)12-21-20(26(31)33)14-39-27(34)29(21,36)4-2/h5-12,36H,3-4,13-14H2,1-2H3/t29-/m0/s1. The summed E-state index contributed by atoms with van der Waals surface area (Å²) < 4.78 is 17.4. The Labute approximate surface area is 231 Å². The number of benzene rings is 2. The molecular formula is C29H23N3O9. The van der Waals surface area contributed by atoms with E-state index >= 15 is 0 Å². The fourth-order valence-corrected chi connectivity index (χ4v) is 5.31. The first-order chi connectivity index (χ1) is 19.6. The number of ether oxygens (including phenoxy) is 3. The summed E-state index contributed by atoms with van der Waals surface area (Å²) >= 11 is 0. The molecular weight excluding hydrogens is 534 g/mol. The van der Waals surface area contributed by atoms with Gasteiger partial charge in [-0.3, -0.25) is 14.9 Å². The molecule has 1 atom stereocenters. The van der Waals surface area contributed by atoms with Gasteiger partial charge in [-0.2, -0.15) is 0 Å². The third-order valence-electron chi connectivity index (χ3n) is 7.54. The lowest BCUT2D eigenvalue weighted by Crippen LogP contribution is -2.44. The van der Waals surface area contributed by atoms with Gasteiger partial charge in [0.05, 0.1) is 33.9 Å². The van der Waals surface area contributed by atoms with E-state index in [1.807, 2.05) is 6.92 Å². The van der Waals surface area contributed by atoms with Crippen LogP contribution in [0.25, 0.3) is 22.3 Å². The zero-order chi connectivity index (χ0) is 29.1. The van der Waals surface area contributed by atoms with Crippen molar-refractivity contribution in [2.75, 3.05) is 0 Å². The van der Waals surface area contributed by atoms with Gasteiger partial charge in [-0.05, 0) is 48.7 Å². The molecule has 0 radical (unpaired) electrons. The van der Waals surface area contributed by atoms with Gasteiger partial charge in [0.25, 0.3) is 11.2 Å². The van der Waals surface area contributed by atoms with E-state index in [9.17, 15) is 29.6 Å². The summed E-state index contributed by atoms with van der Waals surface area (Å²) in [6, 6.07) is 11.8. The molecule has 1 N–H and O–H groups in total. The van der Waals surface area contributed by atoms with Gasteiger partial charge in [0.15, 0.2) is 5.60 Å². The molecule has 4 aromatic rings. The molecule has 12 nitrogen and oxygen atoms in total. The van der Waals surface area contributed by atoms with E-state index in [0.717, 1.165) is 5.56 Å². The van der Waals surface area contributed by atoms with Gasteiger partial charge in [0.2, 0.25) is 0 Å². The van der Waals surface area contributed by atoms with Crippen molar-refractivity contribution < 1.29 is 33.8 Å². The number of nitro benzene ring substituents is 1. The summed E-state index contributed by atoms with van der Waals surface area (Å²) in [5.74, 6) is -0.541. The average Bonchev–Trinajstić information content (AvgIpc) is 3.32. The Morgan fingerprint density at radius 1 is 1.15 bits per heavy atom. The summed E-state index contributed by atoms with van der Waals surface area (Å²) in [6.07, 6.45) is -0.384. The molecule has 2 aliphatic heterocycles. The number of pyridine rings is 2. The van der Waals surface area contributed by atoms with Gasteiger partial charge in [-0.1, -0.05) is 19.9 Å². The van der Waals surface area contributed by atoms with Crippen LogP contribution >= 0.6 is 0 Å². The van der Waals surface area contributed by atoms with E-state index in [2.05, 4.69) is 0 Å². The van der Waals surface area contributed by atoms with Crippen molar-refractivity contribution in [3.8, 4) is 22.9 Å². The first-order valence-corrected chi connectivity index (χ1v) is 12.9. The van der Waals surface area contributed by atoms with Gasteiger partial charge in [0, 0.05) is 28.6 Å². The van der Waals surface area contributed by atoms with Crippen molar-refractivity contribution in [3.05, 3.63) is 91.3 Å². The molecule has 41 heavy (non-hydrogen) atoms. The average molecular weight is 558 g/mol. The van der Waals surface area contributed by atoms with Crippen molar-refractivity contribution >= 4 is 28.7 Å². The Hall–Kier alpha value is -5.10. The zero-order valence-corrected chi connectivity index (χ0v) is 22.0. The molecule has 6 rings (SSSR count). The Kier molecular flexibility index (Phi) is 6.07. The van der Waals surface area contributed by atoms with E-state index in [0.29, 0.717) is 34.3 Å². The lowest BCUT2D eigenvalue weighted by molar-refractivity contribution is -0.384. The fraction of sp³-hybridized carbons (Fsp3) is 0.241. The number of hydrogen-bond donors (Lipinski definition) is 1. The number of cyclic esters (lactones) is 1. The zero-order valence-electron chi connectivity index (χ0n) is 22.0. The van der Waals surface area contributed by atoms with Crippen LogP contribution in [0.3, 0.4) is 0 Å². The third-order valence-corrected chi connectivity index (χ3v) is 7.54. The third kappa shape index (κ3) is 4.11. The highest BCUT2D eigenvalue weighted by Crippen LogP contribution is 2.40. The molecule has 4 heterocycles. The van der Waals surface area contributed by atoms with Crippen LogP contribution in [0.5, 0.6) is 11.5 Å². The smallest absolute Gasteiger partial charge is 0.458 e. The number of hydrogen-bond acceptors (Lipinski definition) is 10. The first kappa shape index (κ1) is 26.1. The van der Waals surface area contributed by atoms with Crippen LogP contribution in [-0.2, 0) is 34.7 Å². The van der Waals surface area contributed by atoms with Gasteiger partial charge >= 0.3 is 12.1 Å². The van der Waals surface area contributed by atoms with Gasteiger partial charge in [-0.25, -0.2) is 14.6 Å². The van der Waals surface area contributed by atoms with Crippen LogP contribution in [0, 0.1) is 10.1 Å². The van der Waals surface area contributed by atoms with Crippen molar-refractivity contribution in [1.82, 2.24) is 9.55 Å². The molecule has 12 heteroatoms. The van der Waals surface area contributed by atoms with Crippen molar-refractivity contribution in [1.29, 1.82) is 0 Å². The topological polar surface area (TPSA) is 160 Å². The molecule has 0 saturated carbocycles. The number of esters is 1. The maximum Gasteiger partial charge on any atom is 0.519 e. The van der Waals surface area contributed by atoms with Crippen LogP contribution < -0.4 is 15.0 Å². The highest BCUT2D eigenvalue weighted by Gasteiger charge is 2.45. The highest BCUT2D eigenvalue weighted by molar-refractivity contribution is 5.93. The van der Waals surface area contributed by atoms with Crippen molar-refractivity contribution in [2.24, 2.45) is 0 Å². The van der Waals surface area contributed by atoms with Gasteiger partial charge in [-0.15, -0.1) is 0 Å². The molecule has 0 bridgehead atoms. The van der Waals surface area contributed by atoms with Crippen molar-refractivity contribution in [3.63, 3.8) is 0 Å². The number of aromatic nitrogens is 2. The van der Waals surface area contributed by atoms with Gasteiger partial charge < -0.3 is 23.9 Å². The summed E-state index contributed by atoms with van der Waals surface area (Å²) in [5.41, 5.74) is 1.10. The second-order valence-electron chi connectivity index (χ2n) is 9.78. The number of nitro groups is 1. The number of carbonyl (C=O) groups is 2. The number of nitrogens with zero attached hydrogens (tertiary/aromatic N) is 3. The molecule has 2 aliphatic rings. The summed E-state index contributed by atoms with van der Waals surface area (Å²) in [6.45, 7) is 3.55. The van der Waals surface area contributed by atoms with Crippen LogP contribution in [0.1, 0.15) is 42.5 Å². The minimum Gasteiger partial charge on any atom is -0.458 e. The maximum absolute atomic E-state index is 13.5. The molecule has 2 aromatic heterocycles. The molecule has 0 unspecified atom stereocenters. The van der Waals surface area contributed by atoms with E-state index in [1.54, 1.807) is 31.2 Å². The second-order valence-corrected chi connectivity index (χ2v) is 9.78. The van der Waals surface area contributed by atoms with Crippen LogP contribution in [-0.4, -0.2) is 31.7 Å². The lowest BCUT2D eigenvalue weighted by Gasteiger charge is -2.31. The van der Waals surface area contributed by atoms with Crippen LogP contribution in [0.2, 0.25) is 0 Å². The Morgan fingerprint density at radius 2 is 1.90 bits per heavy atom. The molecule has 0 saturated heterocycles. The largest absolute Gasteiger partial charge is 0.519 e.